The lowest BCUT2D eigenvalue weighted by molar-refractivity contribution is -0.191. The van der Waals surface area contributed by atoms with E-state index in [0.717, 1.165) is 31.7 Å². The molecule has 1 saturated heterocycles. The number of methoxy groups -OCH3 is 1. The molecule has 2 unspecified atom stereocenters. The third kappa shape index (κ3) is 5.74. The Labute approximate surface area is 314 Å². The number of aliphatic hydroxyl groups is 1. The van der Waals surface area contributed by atoms with Gasteiger partial charge in [-0.1, -0.05) is 33.8 Å². The maximum atomic E-state index is 15.9. The van der Waals surface area contributed by atoms with Gasteiger partial charge in [0, 0.05) is 54.4 Å². The molecule has 2 bridgehead atoms. The normalized spacial score (nSPS) is 34.1. The number of benzene rings is 1. The van der Waals surface area contributed by atoms with Crippen LogP contribution in [-0.2, 0) is 14.3 Å². The SMILES string of the molecule is C=C[C@]1(C)C[C@@H](OC(=O)NC(=O)C2CCN(c3c(F)cc4c(=O)c(C(=O)O)cn(C5CC5)c4c3OC)CC2)[C@@]2(C)C3C(=O)CCC3(CC[C@H]2C)[C@@H](C)[C@@H]1O. The lowest BCUT2D eigenvalue weighted by Gasteiger charge is -2.61. The number of imide groups is 1. The molecule has 4 aliphatic carbocycles. The summed E-state index contributed by atoms with van der Waals surface area (Å²) >= 11 is 0. The van der Waals surface area contributed by atoms with Crippen molar-refractivity contribution < 1.29 is 43.3 Å². The first-order chi connectivity index (χ1) is 25.5. The van der Waals surface area contributed by atoms with Gasteiger partial charge in [-0.05, 0) is 74.7 Å². The molecule has 7 rings (SSSR count). The lowest BCUT2D eigenvalue weighted by atomic mass is 9.44. The molecule has 0 spiro atoms. The molecule has 1 aliphatic heterocycles. The smallest absolute Gasteiger partial charge is 0.414 e. The zero-order valence-corrected chi connectivity index (χ0v) is 31.8. The van der Waals surface area contributed by atoms with Crippen molar-refractivity contribution in [3.05, 3.63) is 46.5 Å². The van der Waals surface area contributed by atoms with Crippen molar-refractivity contribution >= 4 is 40.3 Å². The van der Waals surface area contributed by atoms with E-state index in [-0.39, 0.29) is 72.8 Å². The first kappa shape index (κ1) is 38.0. The molecule has 13 heteroatoms. The molecular formula is C41H52FN3O9. The molecule has 3 N–H and O–H groups in total. The summed E-state index contributed by atoms with van der Waals surface area (Å²) in [5.41, 5.74) is -2.73. The monoisotopic (exact) mass is 749 g/mol. The molecule has 4 saturated carbocycles. The number of amides is 2. The van der Waals surface area contributed by atoms with Crippen LogP contribution in [0.15, 0.2) is 29.7 Å². The van der Waals surface area contributed by atoms with Crippen LogP contribution in [0.4, 0.5) is 14.9 Å². The van der Waals surface area contributed by atoms with E-state index in [1.807, 2.05) is 20.8 Å². The Hall–Kier alpha value is -4.26. The Morgan fingerprint density at radius 1 is 1.07 bits per heavy atom. The highest BCUT2D eigenvalue weighted by Gasteiger charge is 2.68. The fourth-order valence-electron chi connectivity index (χ4n) is 11.0. The van der Waals surface area contributed by atoms with Crippen LogP contribution >= 0.6 is 0 Å². The molecule has 292 valence electrons. The van der Waals surface area contributed by atoms with Gasteiger partial charge >= 0.3 is 12.1 Å². The fourth-order valence-corrected chi connectivity index (χ4v) is 11.0. The number of alkyl carbamates (subject to hydrolysis) is 1. The second kappa shape index (κ2) is 13.5. The van der Waals surface area contributed by atoms with Gasteiger partial charge in [0.25, 0.3) is 0 Å². The van der Waals surface area contributed by atoms with Crippen LogP contribution in [0.5, 0.6) is 5.75 Å². The van der Waals surface area contributed by atoms with Gasteiger partial charge in [0.2, 0.25) is 11.3 Å². The number of nitrogens with zero attached hydrogens (tertiary/aromatic N) is 2. The van der Waals surface area contributed by atoms with E-state index in [0.29, 0.717) is 18.4 Å². The number of fused-ring (bicyclic) bond motifs is 1. The van der Waals surface area contributed by atoms with Crippen LogP contribution in [0.2, 0.25) is 0 Å². The molecule has 5 fully saturated rings. The zero-order valence-electron chi connectivity index (χ0n) is 31.8. The number of Topliss-reactive ketones (excluding diaryl/α,β-unsaturated/α-hetero) is 1. The zero-order chi connectivity index (χ0) is 39.1. The van der Waals surface area contributed by atoms with Crippen LogP contribution < -0.4 is 20.4 Å². The van der Waals surface area contributed by atoms with Gasteiger partial charge in [0.15, 0.2) is 11.6 Å². The molecule has 54 heavy (non-hydrogen) atoms. The van der Waals surface area contributed by atoms with Crippen molar-refractivity contribution in [1.82, 2.24) is 9.88 Å². The summed E-state index contributed by atoms with van der Waals surface area (Å²) < 4.78 is 29.5. The highest BCUT2D eigenvalue weighted by Crippen LogP contribution is 2.68. The number of hydrogen-bond acceptors (Lipinski definition) is 9. The quantitative estimate of drug-likeness (QED) is 0.286. The van der Waals surface area contributed by atoms with Crippen molar-refractivity contribution in [3.8, 4) is 5.75 Å². The summed E-state index contributed by atoms with van der Waals surface area (Å²) in [7, 11) is 1.38. The topological polar surface area (TPSA) is 164 Å². The van der Waals surface area contributed by atoms with E-state index in [1.165, 1.54) is 13.3 Å². The van der Waals surface area contributed by atoms with E-state index >= 15 is 4.39 Å². The second-order valence-electron chi connectivity index (χ2n) is 17.2. The number of carbonyl (C=O) groups excluding carboxylic acids is 3. The summed E-state index contributed by atoms with van der Waals surface area (Å²) in [5.74, 6) is -3.49. The summed E-state index contributed by atoms with van der Waals surface area (Å²) in [4.78, 5) is 67.6. The average molecular weight is 750 g/mol. The van der Waals surface area contributed by atoms with Gasteiger partial charge in [-0.15, -0.1) is 6.58 Å². The number of hydrogen-bond donors (Lipinski definition) is 3. The van der Waals surface area contributed by atoms with E-state index in [4.69, 9.17) is 9.47 Å². The summed E-state index contributed by atoms with van der Waals surface area (Å²) in [5, 5.41) is 23.8. The van der Waals surface area contributed by atoms with Crippen LogP contribution in [0.25, 0.3) is 10.9 Å². The number of carboxylic acid groups (broad SMARTS) is 1. The van der Waals surface area contributed by atoms with E-state index in [9.17, 15) is 34.2 Å². The van der Waals surface area contributed by atoms with Gasteiger partial charge in [-0.2, -0.15) is 0 Å². The number of piperidine rings is 1. The first-order valence-electron chi connectivity index (χ1n) is 19.3. The molecule has 12 nitrogen and oxygen atoms in total. The van der Waals surface area contributed by atoms with Gasteiger partial charge in [0.05, 0.1) is 24.1 Å². The van der Waals surface area contributed by atoms with Crippen LogP contribution in [0.3, 0.4) is 0 Å². The van der Waals surface area contributed by atoms with Gasteiger partial charge in [0.1, 0.15) is 23.1 Å². The predicted molar refractivity (Wildman–Crippen MR) is 198 cm³/mol. The Morgan fingerprint density at radius 3 is 2.37 bits per heavy atom. The lowest BCUT2D eigenvalue weighted by Crippen LogP contribution is -2.63. The number of carbonyl (C=O) groups is 4. The van der Waals surface area contributed by atoms with Crippen LogP contribution in [0, 0.1) is 45.7 Å². The molecule has 0 radical (unpaired) electrons. The third-order valence-corrected chi connectivity index (χ3v) is 14.5. The van der Waals surface area contributed by atoms with Crippen molar-refractivity contribution in [2.75, 3.05) is 25.1 Å². The molecule has 2 aromatic rings. The molecule has 1 aromatic heterocycles. The predicted octanol–water partition coefficient (Wildman–Crippen LogP) is 6.01. The van der Waals surface area contributed by atoms with Gasteiger partial charge in [-0.25, -0.2) is 14.0 Å². The van der Waals surface area contributed by atoms with Crippen LogP contribution in [-0.4, -0.2) is 70.9 Å². The number of halogens is 1. The highest BCUT2D eigenvalue weighted by molar-refractivity contribution is 5.97. The fraction of sp³-hybridized carbons (Fsp3) is 0.634. The van der Waals surface area contributed by atoms with Crippen LogP contribution in [0.1, 0.15) is 102 Å². The third-order valence-electron chi connectivity index (χ3n) is 14.5. The van der Waals surface area contributed by atoms with E-state index in [1.54, 1.807) is 15.5 Å². The number of aromatic carboxylic acids is 1. The van der Waals surface area contributed by atoms with Crippen molar-refractivity contribution in [2.24, 2.45) is 39.9 Å². The Morgan fingerprint density at radius 2 is 1.76 bits per heavy atom. The van der Waals surface area contributed by atoms with E-state index < -0.39 is 75.1 Å². The number of carboxylic acids is 1. The van der Waals surface area contributed by atoms with Crippen molar-refractivity contribution in [2.45, 2.75) is 104 Å². The number of anilines is 1. The van der Waals surface area contributed by atoms with Crippen molar-refractivity contribution in [3.63, 3.8) is 0 Å². The average Bonchev–Trinajstić information content (AvgIpc) is 3.93. The van der Waals surface area contributed by atoms with Gasteiger partial charge < -0.3 is 29.2 Å². The second-order valence-corrected chi connectivity index (χ2v) is 17.2. The summed E-state index contributed by atoms with van der Waals surface area (Å²) in [6.07, 6.45) is 5.65. The maximum Gasteiger partial charge on any atom is 0.414 e. The molecule has 8 atom stereocenters. The summed E-state index contributed by atoms with van der Waals surface area (Å²) in [6.45, 7) is 12.6. The maximum absolute atomic E-state index is 15.9. The minimum Gasteiger partial charge on any atom is -0.492 e. The molecular weight excluding hydrogens is 697 g/mol. The highest BCUT2D eigenvalue weighted by atomic mass is 19.1. The largest absolute Gasteiger partial charge is 0.492 e. The number of nitrogens with one attached hydrogen (secondary N) is 1. The number of ketones is 1. The Bertz CT molecular complexity index is 1990. The standard InChI is InChI=1S/C41H52FN3O9/c1-7-39(4)19-29(40(5)21(2)10-14-41(22(3)35(39)48)15-11-28(46)34(40)41)54-38(52)43-36(49)23-12-16-44(17-13-23)31-27(42)18-25-30(33(31)53-6)45(24-8-9-24)20-26(32(25)47)37(50)51/h7,18,20-24,29,34-35,48H,1,8-17,19H2,2-6H3,(H,50,51)(H,43,49,52)/t21-,22+,29-,34?,35+,39-,40+,41?/m1/s1. The summed E-state index contributed by atoms with van der Waals surface area (Å²) in [6, 6.07) is 1.03. The number of ether oxygens (including phenoxy) is 2. The Kier molecular flexibility index (Phi) is 9.50. The number of rotatable bonds is 7. The number of aliphatic hydroxyl groups excluding tert-OH is 1. The van der Waals surface area contributed by atoms with E-state index in [2.05, 4.69) is 18.8 Å². The number of aromatic nitrogens is 1. The van der Waals surface area contributed by atoms with Crippen molar-refractivity contribution in [1.29, 1.82) is 0 Å². The molecule has 5 aliphatic rings. The number of pyridine rings is 1. The van der Waals surface area contributed by atoms with Gasteiger partial charge in [-0.3, -0.25) is 19.7 Å². The first-order valence-corrected chi connectivity index (χ1v) is 19.3. The molecule has 1 aromatic carbocycles. The molecule has 2 amide bonds. The minimum absolute atomic E-state index is 0.0395. The Balaban J connectivity index is 1.09. The minimum atomic E-state index is -1.39. The molecule has 2 heterocycles.